The van der Waals surface area contributed by atoms with E-state index < -0.39 is 5.41 Å². The molecular formula is C16H20ClNO3. The largest absolute Gasteiger partial charge is 0.493 e. The third-order valence-corrected chi connectivity index (χ3v) is 4.83. The van der Waals surface area contributed by atoms with Gasteiger partial charge in [-0.3, -0.25) is 4.79 Å². The SMILES string of the molecule is NCC1(C(=O)Cc2cc(Cl)cc3c2OCC3)CCOCC1. The molecule has 2 aliphatic rings. The summed E-state index contributed by atoms with van der Waals surface area (Å²) in [5.41, 5.74) is 7.43. The van der Waals surface area contributed by atoms with Gasteiger partial charge in [-0.25, -0.2) is 0 Å². The van der Waals surface area contributed by atoms with Gasteiger partial charge in [0.25, 0.3) is 0 Å². The summed E-state index contributed by atoms with van der Waals surface area (Å²) < 4.78 is 11.0. The summed E-state index contributed by atoms with van der Waals surface area (Å²) in [7, 11) is 0. The molecule has 0 radical (unpaired) electrons. The third kappa shape index (κ3) is 2.80. The van der Waals surface area contributed by atoms with Crippen LogP contribution in [0.2, 0.25) is 5.02 Å². The molecule has 0 amide bonds. The van der Waals surface area contributed by atoms with Gasteiger partial charge in [0.15, 0.2) is 0 Å². The zero-order valence-corrected chi connectivity index (χ0v) is 12.7. The van der Waals surface area contributed by atoms with Crippen LogP contribution in [-0.2, 0) is 22.4 Å². The number of carbonyl (C=O) groups is 1. The Morgan fingerprint density at radius 3 is 2.76 bits per heavy atom. The topological polar surface area (TPSA) is 61.6 Å². The molecule has 2 N–H and O–H groups in total. The lowest BCUT2D eigenvalue weighted by Crippen LogP contribution is -2.44. The summed E-state index contributed by atoms with van der Waals surface area (Å²) in [4.78, 5) is 12.8. The van der Waals surface area contributed by atoms with Crippen LogP contribution >= 0.6 is 11.6 Å². The number of nitrogens with two attached hydrogens (primary N) is 1. The fraction of sp³-hybridized carbons (Fsp3) is 0.562. The van der Waals surface area contributed by atoms with E-state index in [4.69, 9.17) is 26.8 Å². The van der Waals surface area contributed by atoms with Crippen LogP contribution in [0.4, 0.5) is 0 Å². The van der Waals surface area contributed by atoms with Crippen molar-refractivity contribution in [3.8, 4) is 5.75 Å². The van der Waals surface area contributed by atoms with Crippen molar-refractivity contribution in [1.29, 1.82) is 0 Å². The van der Waals surface area contributed by atoms with Gasteiger partial charge in [-0.05, 0) is 30.5 Å². The van der Waals surface area contributed by atoms with Gasteiger partial charge in [-0.1, -0.05) is 11.6 Å². The van der Waals surface area contributed by atoms with Gasteiger partial charge in [-0.2, -0.15) is 0 Å². The van der Waals surface area contributed by atoms with Crippen LogP contribution in [0.15, 0.2) is 12.1 Å². The average Bonchev–Trinajstić information content (AvgIpc) is 2.96. The molecule has 3 rings (SSSR count). The summed E-state index contributed by atoms with van der Waals surface area (Å²) in [6.45, 7) is 2.24. The molecule has 0 unspecified atom stereocenters. The van der Waals surface area contributed by atoms with Crippen molar-refractivity contribution in [2.75, 3.05) is 26.4 Å². The Morgan fingerprint density at radius 1 is 1.29 bits per heavy atom. The highest BCUT2D eigenvalue weighted by Crippen LogP contribution is 2.36. The highest BCUT2D eigenvalue weighted by atomic mass is 35.5. The summed E-state index contributed by atoms with van der Waals surface area (Å²) in [6, 6.07) is 3.76. The van der Waals surface area contributed by atoms with Gasteiger partial charge in [-0.15, -0.1) is 0 Å². The van der Waals surface area contributed by atoms with E-state index in [1.54, 1.807) is 0 Å². The molecule has 0 spiro atoms. The standard InChI is InChI=1S/C16H20ClNO3/c17-13-7-11-1-4-21-15(11)12(8-13)9-14(19)16(10-18)2-5-20-6-3-16/h7-8H,1-6,9-10,18H2. The van der Waals surface area contributed by atoms with Gasteiger partial charge in [0, 0.05) is 48.6 Å². The molecule has 0 aliphatic carbocycles. The maximum Gasteiger partial charge on any atom is 0.144 e. The highest BCUT2D eigenvalue weighted by Gasteiger charge is 2.38. The molecule has 2 aliphatic heterocycles. The Morgan fingerprint density at radius 2 is 2.05 bits per heavy atom. The van der Waals surface area contributed by atoms with E-state index >= 15 is 0 Å². The molecule has 0 atom stereocenters. The number of rotatable bonds is 4. The van der Waals surface area contributed by atoms with Crippen molar-refractivity contribution >= 4 is 17.4 Å². The van der Waals surface area contributed by atoms with E-state index in [9.17, 15) is 4.79 Å². The average molecular weight is 310 g/mol. The smallest absolute Gasteiger partial charge is 0.144 e. The number of carbonyl (C=O) groups excluding carboxylic acids is 1. The minimum atomic E-state index is -0.452. The van der Waals surface area contributed by atoms with Crippen LogP contribution in [0.1, 0.15) is 24.0 Å². The van der Waals surface area contributed by atoms with Crippen molar-refractivity contribution in [3.05, 3.63) is 28.3 Å². The minimum absolute atomic E-state index is 0.174. The Bertz CT molecular complexity index is 553. The maximum absolute atomic E-state index is 12.8. The van der Waals surface area contributed by atoms with Gasteiger partial charge in [0.1, 0.15) is 11.5 Å². The highest BCUT2D eigenvalue weighted by molar-refractivity contribution is 6.30. The zero-order chi connectivity index (χ0) is 14.9. The molecule has 1 aromatic carbocycles. The molecular weight excluding hydrogens is 290 g/mol. The number of benzene rings is 1. The number of fused-ring (bicyclic) bond motifs is 1. The Labute approximate surface area is 129 Å². The third-order valence-electron chi connectivity index (χ3n) is 4.61. The van der Waals surface area contributed by atoms with Crippen LogP contribution in [0.5, 0.6) is 5.75 Å². The van der Waals surface area contributed by atoms with E-state index in [2.05, 4.69) is 0 Å². The fourth-order valence-corrected chi connectivity index (χ4v) is 3.46. The van der Waals surface area contributed by atoms with Gasteiger partial charge in [0.05, 0.1) is 6.61 Å². The molecule has 21 heavy (non-hydrogen) atoms. The first-order chi connectivity index (χ1) is 10.1. The van der Waals surface area contributed by atoms with Crippen molar-refractivity contribution < 1.29 is 14.3 Å². The molecule has 2 heterocycles. The van der Waals surface area contributed by atoms with Crippen LogP contribution < -0.4 is 10.5 Å². The second kappa shape index (κ2) is 5.95. The maximum atomic E-state index is 12.8. The Hall–Kier alpha value is -1.10. The van der Waals surface area contributed by atoms with Crippen LogP contribution in [0, 0.1) is 5.41 Å². The number of ether oxygens (including phenoxy) is 2. The molecule has 0 aromatic heterocycles. The molecule has 0 saturated carbocycles. The van der Waals surface area contributed by atoms with E-state index in [1.807, 2.05) is 12.1 Å². The minimum Gasteiger partial charge on any atom is -0.493 e. The first-order valence-corrected chi connectivity index (χ1v) is 7.78. The molecule has 1 fully saturated rings. The summed E-state index contributed by atoms with van der Waals surface area (Å²) in [5, 5.41) is 0.663. The fourth-order valence-electron chi connectivity index (χ4n) is 3.20. The molecule has 5 heteroatoms. The molecule has 114 valence electrons. The van der Waals surface area contributed by atoms with Crippen molar-refractivity contribution in [2.24, 2.45) is 11.1 Å². The quantitative estimate of drug-likeness (QED) is 0.925. The second-order valence-corrected chi connectivity index (χ2v) is 6.28. The molecule has 1 saturated heterocycles. The lowest BCUT2D eigenvalue weighted by molar-refractivity contribution is -0.132. The van der Waals surface area contributed by atoms with E-state index in [0.717, 1.165) is 23.3 Å². The van der Waals surface area contributed by atoms with Gasteiger partial charge >= 0.3 is 0 Å². The van der Waals surface area contributed by atoms with Crippen molar-refractivity contribution in [3.63, 3.8) is 0 Å². The monoisotopic (exact) mass is 309 g/mol. The van der Waals surface area contributed by atoms with Gasteiger partial charge < -0.3 is 15.2 Å². The first-order valence-electron chi connectivity index (χ1n) is 7.40. The summed E-state index contributed by atoms with van der Waals surface area (Å²) >= 11 is 6.15. The molecule has 4 nitrogen and oxygen atoms in total. The Balaban J connectivity index is 1.84. The number of Topliss-reactive ketones (excluding diaryl/α,β-unsaturated/α-hetero) is 1. The van der Waals surface area contributed by atoms with E-state index in [-0.39, 0.29) is 5.78 Å². The molecule has 0 bridgehead atoms. The number of hydrogen-bond donors (Lipinski definition) is 1. The number of hydrogen-bond acceptors (Lipinski definition) is 4. The van der Waals surface area contributed by atoms with Crippen molar-refractivity contribution in [1.82, 2.24) is 0 Å². The van der Waals surface area contributed by atoms with Crippen molar-refractivity contribution in [2.45, 2.75) is 25.7 Å². The number of halogens is 1. The zero-order valence-electron chi connectivity index (χ0n) is 12.0. The van der Waals surface area contributed by atoms with Gasteiger partial charge in [0.2, 0.25) is 0 Å². The normalized spacial score (nSPS) is 19.9. The Kier molecular flexibility index (Phi) is 4.20. The van der Waals surface area contributed by atoms with E-state index in [0.29, 0.717) is 50.7 Å². The first kappa shape index (κ1) is 14.8. The van der Waals surface area contributed by atoms with E-state index in [1.165, 1.54) is 0 Å². The second-order valence-electron chi connectivity index (χ2n) is 5.85. The summed E-state index contributed by atoms with van der Waals surface area (Å²) in [6.07, 6.45) is 2.59. The lowest BCUT2D eigenvalue weighted by Gasteiger charge is -2.34. The molecule has 1 aromatic rings. The lowest BCUT2D eigenvalue weighted by atomic mass is 9.74. The summed E-state index contributed by atoms with van der Waals surface area (Å²) in [5.74, 6) is 1.01. The predicted octanol–water partition coefficient (Wildman–Crippen LogP) is 2.14. The van der Waals surface area contributed by atoms with Crippen LogP contribution in [0.3, 0.4) is 0 Å². The van der Waals surface area contributed by atoms with Crippen LogP contribution in [0.25, 0.3) is 0 Å². The predicted molar refractivity (Wildman–Crippen MR) is 80.9 cm³/mol. The number of ketones is 1. The van der Waals surface area contributed by atoms with Crippen LogP contribution in [-0.4, -0.2) is 32.1 Å².